The van der Waals surface area contributed by atoms with Gasteiger partial charge in [0.05, 0.1) is 11.4 Å². The molecule has 5 nitrogen and oxygen atoms in total. The number of aryl methyl sites for hydroxylation is 3. The van der Waals surface area contributed by atoms with E-state index in [9.17, 15) is 4.79 Å². The molecule has 0 bridgehead atoms. The molecule has 2 aromatic heterocycles. The van der Waals surface area contributed by atoms with Gasteiger partial charge in [-0.05, 0) is 32.3 Å². The number of carbonyl (C=O) groups is 1. The number of hydrogen-bond acceptors (Lipinski definition) is 5. The third-order valence-electron chi connectivity index (χ3n) is 3.60. The monoisotopic (exact) mass is 312 g/mol. The van der Waals surface area contributed by atoms with Crippen LogP contribution in [0.1, 0.15) is 32.3 Å². The topological polar surface area (TPSA) is 60.7 Å². The summed E-state index contributed by atoms with van der Waals surface area (Å²) in [6.07, 6.45) is 2.29. The maximum absolute atomic E-state index is 11.2. The molecule has 0 saturated heterocycles. The molecule has 0 amide bonds. The van der Waals surface area contributed by atoms with E-state index in [2.05, 4.69) is 27.4 Å². The van der Waals surface area contributed by atoms with Crippen LogP contribution in [0, 0.1) is 13.8 Å². The van der Waals surface area contributed by atoms with Gasteiger partial charge >= 0.3 is 0 Å². The Hall–Kier alpha value is -2.34. The van der Waals surface area contributed by atoms with Crippen LogP contribution in [0.15, 0.2) is 30.3 Å². The number of rotatable bonds is 5. The zero-order chi connectivity index (χ0) is 15.5. The predicted octanol–water partition coefficient (Wildman–Crippen LogP) is 2.94. The number of aldehydes is 1. The lowest BCUT2D eigenvalue weighted by atomic mass is 10.1. The number of nitrogens with zero attached hydrogens (tertiary/aromatic N) is 4. The molecule has 0 atom stereocenters. The Balaban J connectivity index is 1.92. The highest BCUT2D eigenvalue weighted by molar-refractivity contribution is 7.14. The van der Waals surface area contributed by atoms with E-state index in [-0.39, 0.29) is 0 Å². The van der Waals surface area contributed by atoms with Crippen molar-refractivity contribution >= 4 is 17.6 Å². The molecule has 3 rings (SSSR count). The van der Waals surface area contributed by atoms with Crippen LogP contribution in [0.5, 0.6) is 0 Å². The van der Waals surface area contributed by atoms with Crippen LogP contribution in [0.3, 0.4) is 0 Å². The minimum atomic E-state index is 0.390. The standard InChI is InChI=1S/C16H16N4OS/c1-11-12(2)22-16(17-11)20-15(14(10-21)18-19-20)9-8-13-6-4-3-5-7-13/h3-7,10H,8-9H2,1-2H3. The normalized spacial score (nSPS) is 10.8. The summed E-state index contributed by atoms with van der Waals surface area (Å²) in [5, 5.41) is 8.84. The first kappa shape index (κ1) is 14.6. The summed E-state index contributed by atoms with van der Waals surface area (Å²) in [7, 11) is 0. The SMILES string of the molecule is Cc1nc(-n2nnc(C=O)c2CCc2ccccc2)sc1C. The van der Waals surface area contributed by atoms with Crippen molar-refractivity contribution in [3.05, 3.63) is 57.9 Å². The lowest BCUT2D eigenvalue weighted by Crippen LogP contribution is -2.05. The van der Waals surface area contributed by atoms with Crippen molar-refractivity contribution in [2.75, 3.05) is 0 Å². The molecule has 1 aromatic carbocycles. The average Bonchev–Trinajstić information content (AvgIpc) is 3.09. The highest BCUT2D eigenvalue weighted by Gasteiger charge is 2.16. The van der Waals surface area contributed by atoms with Crippen molar-refractivity contribution in [3.8, 4) is 5.13 Å². The van der Waals surface area contributed by atoms with E-state index in [1.807, 2.05) is 32.0 Å². The number of thiazole rings is 1. The van der Waals surface area contributed by atoms with Gasteiger partial charge in [-0.3, -0.25) is 4.79 Å². The lowest BCUT2D eigenvalue weighted by Gasteiger charge is -2.04. The molecule has 3 aromatic rings. The third-order valence-corrected chi connectivity index (χ3v) is 4.64. The molecule has 0 fully saturated rings. The first-order chi connectivity index (χ1) is 10.7. The van der Waals surface area contributed by atoms with Crippen molar-refractivity contribution in [1.29, 1.82) is 0 Å². The summed E-state index contributed by atoms with van der Waals surface area (Å²) < 4.78 is 1.69. The summed E-state index contributed by atoms with van der Waals surface area (Å²) in [4.78, 5) is 16.9. The lowest BCUT2D eigenvalue weighted by molar-refractivity contribution is 0.111. The summed E-state index contributed by atoms with van der Waals surface area (Å²) in [6.45, 7) is 3.99. The molecule has 0 saturated carbocycles. The van der Waals surface area contributed by atoms with E-state index in [4.69, 9.17) is 0 Å². The molecule has 0 N–H and O–H groups in total. The van der Waals surface area contributed by atoms with E-state index in [0.29, 0.717) is 12.1 Å². The van der Waals surface area contributed by atoms with E-state index in [1.54, 1.807) is 16.0 Å². The van der Waals surface area contributed by atoms with Crippen molar-refractivity contribution in [3.63, 3.8) is 0 Å². The van der Waals surface area contributed by atoms with Crippen LogP contribution in [0.25, 0.3) is 5.13 Å². The van der Waals surface area contributed by atoms with Crippen LogP contribution in [-0.2, 0) is 12.8 Å². The van der Waals surface area contributed by atoms with Crippen LogP contribution >= 0.6 is 11.3 Å². The fraction of sp³-hybridized carbons (Fsp3) is 0.250. The minimum Gasteiger partial charge on any atom is -0.296 e. The zero-order valence-electron chi connectivity index (χ0n) is 12.5. The van der Waals surface area contributed by atoms with Crippen molar-refractivity contribution in [2.45, 2.75) is 26.7 Å². The van der Waals surface area contributed by atoms with Gasteiger partial charge in [-0.25, -0.2) is 4.98 Å². The Morgan fingerprint density at radius 1 is 1.18 bits per heavy atom. The molecule has 22 heavy (non-hydrogen) atoms. The minimum absolute atomic E-state index is 0.390. The number of aromatic nitrogens is 4. The van der Waals surface area contributed by atoms with Gasteiger partial charge in [0.25, 0.3) is 0 Å². The highest BCUT2D eigenvalue weighted by Crippen LogP contribution is 2.22. The molecule has 0 aliphatic rings. The second kappa shape index (κ2) is 6.19. The average molecular weight is 312 g/mol. The number of benzene rings is 1. The number of carbonyl (C=O) groups excluding carboxylic acids is 1. The van der Waals surface area contributed by atoms with Crippen LogP contribution < -0.4 is 0 Å². The van der Waals surface area contributed by atoms with Gasteiger partial charge in [-0.2, -0.15) is 4.68 Å². The molecule has 2 heterocycles. The molecule has 0 aliphatic carbocycles. The van der Waals surface area contributed by atoms with Gasteiger partial charge in [0.1, 0.15) is 5.69 Å². The molecule has 0 spiro atoms. The molecular weight excluding hydrogens is 296 g/mol. The zero-order valence-corrected chi connectivity index (χ0v) is 13.3. The quantitative estimate of drug-likeness (QED) is 0.680. The van der Waals surface area contributed by atoms with Gasteiger partial charge in [-0.1, -0.05) is 46.9 Å². The Labute approximate surface area is 132 Å². The van der Waals surface area contributed by atoms with Crippen LogP contribution in [-0.4, -0.2) is 26.3 Å². The first-order valence-corrected chi connectivity index (χ1v) is 7.88. The van der Waals surface area contributed by atoms with E-state index >= 15 is 0 Å². The molecule has 6 heteroatoms. The van der Waals surface area contributed by atoms with E-state index in [0.717, 1.165) is 34.1 Å². The molecule has 0 radical (unpaired) electrons. The van der Waals surface area contributed by atoms with Gasteiger partial charge in [0, 0.05) is 4.88 Å². The maximum Gasteiger partial charge on any atom is 0.212 e. The summed E-state index contributed by atoms with van der Waals surface area (Å²) in [6, 6.07) is 10.2. The van der Waals surface area contributed by atoms with Gasteiger partial charge in [0.2, 0.25) is 5.13 Å². The maximum atomic E-state index is 11.2. The molecule has 0 aliphatic heterocycles. The van der Waals surface area contributed by atoms with Gasteiger partial charge in [-0.15, -0.1) is 5.10 Å². The van der Waals surface area contributed by atoms with Gasteiger partial charge < -0.3 is 0 Å². The van der Waals surface area contributed by atoms with Crippen molar-refractivity contribution in [2.24, 2.45) is 0 Å². The second-order valence-electron chi connectivity index (χ2n) is 5.07. The second-order valence-corrected chi connectivity index (χ2v) is 6.26. The molecule has 0 unspecified atom stereocenters. The van der Waals surface area contributed by atoms with E-state index < -0.39 is 0 Å². The first-order valence-electron chi connectivity index (χ1n) is 7.07. The summed E-state index contributed by atoms with van der Waals surface area (Å²) in [5.74, 6) is 0. The number of hydrogen-bond donors (Lipinski definition) is 0. The Kier molecular flexibility index (Phi) is 4.11. The summed E-state index contributed by atoms with van der Waals surface area (Å²) >= 11 is 1.56. The van der Waals surface area contributed by atoms with E-state index in [1.165, 1.54) is 5.56 Å². The van der Waals surface area contributed by atoms with Crippen LogP contribution in [0.2, 0.25) is 0 Å². The highest BCUT2D eigenvalue weighted by atomic mass is 32.1. The largest absolute Gasteiger partial charge is 0.296 e. The Bertz CT molecular complexity index is 772. The van der Waals surface area contributed by atoms with Crippen molar-refractivity contribution < 1.29 is 4.79 Å². The Morgan fingerprint density at radius 2 is 1.95 bits per heavy atom. The molecule has 112 valence electrons. The van der Waals surface area contributed by atoms with Gasteiger partial charge in [0.15, 0.2) is 6.29 Å². The summed E-state index contributed by atoms with van der Waals surface area (Å²) in [5.41, 5.74) is 3.41. The molecular formula is C16H16N4OS. The fourth-order valence-electron chi connectivity index (χ4n) is 2.25. The predicted molar refractivity (Wildman–Crippen MR) is 85.7 cm³/mol. The van der Waals surface area contributed by atoms with Crippen molar-refractivity contribution in [1.82, 2.24) is 20.0 Å². The Morgan fingerprint density at radius 3 is 2.59 bits per heavy atom. The van der Waals surface area contributed by atoms with Crippen LogP contribution in [0.4, 0.5) is 0 Å². The third kappa shape index (κ3) is 2.82. The smallest absolute Gasteiger partial charge is 0.212 e. The fourth-order valence-corrected chi connectivity index (χ4v) is 3.13.